The number of halogens is 1. The Morgan fingerprint density at radius 1 is 1.10 bits per heavy atom. The first-order chi connectivity index (χ1) is 9.59. The van der Waals surface area contributed by atoms with Crippen molar-refractivity contribution in [3.63, 3.8) is 0 Å². The van der Waals surface area contributed by atoms with Crippen LogP contribution in [0.5, 0.6) is 0 Å². The van der Waals surface area contributed by atoms with Crippen molar-refractivity contribution in [3.05, 3.63) is 35.6 Å². The molecular formula is C17H29FN2. The normalized spacial score (nSPS) is 11.5. The number of nitrogens with zero attached hydrogens (tertiary/aromatic N) is 1. The molecule has 1 aromatic carbocycles. The standard InChI is InChI=1S/C17H29FN2/c1-15(2)19-12-8-4-5-9-13-20(3)14-16-10-6-7-11-17(16)18/h6-7,10-11,15,19H,4-5,8-9,12-14H2,1-3H3. The van der Waals surface area contributed by atoms with Crippen molar-refractivity contribution in [3.8, 4) is 0 Å². The topological polar surface area (TPSA) is 15.3 Å². The summed E-state index contributed by atoms with van der Waals surface area (Å²) in [5, 5.41) is 3.43. The van der Waals surface area contributed by atoms with Crippen LogP contribution in [-0.2, 0) is 6.54 Å². The molecule has 0 spiro atoms. The second-order valence-corrected chi connectivity index (χ2v) is 5.85. The van der Waals surface area contributed by atoms with Crippen molar-refractivity contribution in [2.45, 2.75) is 52.1 Å². The molecule has 0 saturated carbocycles. The average Bonchev–Trinajstić information content (AvgIpc) is 2.40. The lowest BCUT2D eigenvalue weighted by Crippen LogP contribution is -2.23. The Hall–Kier alpha value is -0.930. The Labute approximate surface area is 123 Å². The summed E-state index contributed by atoms with van der Waals surface area (Å²) in [6, 6.07) is 7.62. The van der Waals surface area contributed by atoms with Gasteiger partial charge in [0.25, 0.3) is 0 Å². The van der Waals surface area contributed by atoms with Gasteiger partial charge in [0.1, 0.15) is 5.82 Å². The molecule has 20 heavy (non-hydrogen) atoms. The maximum Gasteiger partial charge on any atom is 0.127 e. The highest BCUT2D eigenvalue weighted by Gasteiger charge is 2.04. The first kappa shape index (κ1) is 17.1. The van der Waals surface area contributed by atoms with Crippen LogP contribution in [-0.4, -0.2) is 31.1 Å². The van der Waals surface area contributed by atoms with Crippen LogP contribution in [0.3, 0.4) is 0 Å². The van der Waals surface area contributed by atoms with Gasteiger partial charge < -0.3 is 10.2 Å². The first-order valence-electron chi connectivity index (χ1n) is 7.75. The molecule has 1 rings (SSSR count). The summed E-state index contributed by atoms with van der Waals surface area (Å²) in [5.41, 5.74) is 0.788. The minimum absolute atomic E-state index is 0.0980. The van der Waals surface area contributed by atoms with Crippen LogP contribution >= 0.6 is 0 Å². The highest BCUT2D eigenvalue weighted by atomic mass is 19.1. The third-order valence-electron chi connectivity index (χ3n) is 3.42. The Morgan fingerprint density at radius 3 is 2.50 bits per heavy atom. The van der Waals surface area contributed by atoms with Crippen molar-refractivity contribution in [2.75, 3.05) is 20.1 Å². The SMILES string of the molecule is CC(C)NCCCCCCN(C)Cc1ccccc1F. The first-order valence-corrected chi connectivity index (χ1v) is 7.75. The lowest BCUT2D eigenvalue weighted by Gasteiger charge is -2.17. The van der Waals surface area contributed by atoms with E-state index in [0.717, 1.165) is 18.7 Å². The van der Waals surface area contributed by atoms with E-state index in [9.17, 15) is 4.39 Å². The van der Waals surface area contributed by atoms with Gasteiger partial charge in [0.05, 0.1) is 0 Å². The lowest BCUT2D eigenvalue weighted by atomic mass is 10.1. The van der Waals surface area contributed by atoms with E-state index in [4.69, 9.17) is 0 Å². The van der Waals surface area contributed by atoms with E-state index in [0.29, 0.717) is 12.6 Å². The molecule has 0 unspecified atom stereocenters. The molecule has 0 atom stereocenters. The molecule has 0 aliphatic rings. The lowest BCUT2D eigenvalue weighted by molar-refractivity contribution is 0.311. The fourth-order valence-corrected chi connectivity index (χ4v) is 2.25. The van der Waals surface area contributed by atoms with Crippen molar-refractivity contribution >= 4 is 0 Å². The Balaban J connectivity index is 2.06. The predicted octanol–water partition coefficient (Wildman–Crippen LogP) is 3.82. The van der Waals surface area contributed by atoms with E-state index in [1.165, 1.54) is 31.7 Å². The fourth-order valence-electron chi connectivity index (χ4n) is 2.25. The van der Waals surface area contributed by atoms with E-state index >= 15 is 0 Å². The summed E-state index contributed by atoms with van der Waals surface area (Å²) in [6.07, 6.45) is 4.95. The van der Waals surface area contributed by atoms with Crippen LogP contribution in [0, 0.1) is 5.82 Å². The molecule has 0 bridgehead atoms. The molecular weight excluding hydrogens is 251 g/mol. The third-order valence-corrected chi connectivity index (χ3v) is 3.42. The molecule has 0 radical (unpaired) electrons. The molecule has 0 fully saturated rings. The van der Waals surface area contributed by atoms with E-state index in [1.54, 1.807) is 6.07 Å². The summed E-state index contributed by atoms with van der Waals surface area (Å²) in [7, 11) is 2.06. The summed E-state index contributed by atoms with van der Waals surface area (Å²) in [6.45, 7) is 7.20. The van der Waals surface area contributed by atoms with E-state index in [-0.39, 0.29) is 5.82 Å². The number of rotatable bonds is 10. The summed E-state index contributed by atoms with van der Waals surface area (Å²) in [4.78, 5) is 2.20. The molecule has 0 aliphatic heterocycles. The molecule has 1 aromatic rings. The highest BCUT2D eigenvalue weighted by molar-refractivity contribution is 5.16. The zero-order chi connectivity index (χ0) is 14.8. The van der Waals surface area contributed by atoms with Crippen LogP contribution in [0.1, 0.15) is 45.1 Å². The number of hydrogen-bond donors (Lipinski definition) is 1. The second kappa shape index (κ2) is 9.89. The van der Waals surface area contributed by atoms with Crippen molar-refractivity contribution in [1.29, 1.82) is 0 Å². The molecule has 0 aromatic heterocycles. The van der Waals surface area contributed by atoms with Crippen molar-refractivity contribution in [2.24, 2.45) is 0 Å². The summed E-state index contributed by atoms with van der Waals surface area (Å²) >= 11 is 0. The molecule has 114 valence electrons. The molecule has 0 saturated heterocycles. The Kier molecular flexibility index (Phi) is 8.47. The van der Waals surface area contributed by atoms with Gasteiger partial charge >= 0.3 is 0 Å². The van der Waals surface area contributed by atoms with E-state index in [2.05, 4.69) is 31.1 Å². The zero-order valence-corrected chi connectivity index (χ0v) is 13.2. The minimum Gasteiger partial charge on any atom is -0.315 e. The molecule has 0 heterocycles. The van der Waals surface area contributed by atoms with Crippen LogP contribution in [0.25, 0.3) is 0 Å². The van der Waals surface area contributed by atoms with Crippen molar-refractivity contribution < 1.29 is 4.39 Å². The zero-order valence-electron chi connectivity index (χ0n) is 13.2. The third kappa shape index (κ3) is 7.61. The van der Waals surface area contributed by atoms with Crippen LogP contribution < -0.4 is 5.32 Å². The maximum atomic E-state index is 13.5. The van der Waals surface area contributed by atoms with Crippen LogP contribution in [0.2, 0.25) is 0 Å². The molecule has 2 nitrogen and oxygen atoms in total. The van der Waals surface area contributed by atoms with Gasteiger partial charge in [-0.3, -0.25) is 0 Å². The summed E-state index contributed by atoms with van der Waals surface area (Å²) < 4.78 is 13.5. The minimum atomic E-state index is -0.0980. The summed E-state index contributed by atoms with van der Waals surface area (Å²) in [5.74, 6) is -0.0980. The van der Waals surface area contributed by atoms with E-state index < -0.39 is 0 Å². The fraction of sp³-hybridized carbons (Fsp3) is 0.647. The predicted molar refractivity (Wildman–Crippen MR) is 84.3 cm³/mol. The Morgan fingerprint density at radius 2 is 1.80 bits per heavy atom. The highest BCUT2D eigenvalue weighted by Crippen LogP contribution is 2.09. The number of benzene rings is 1. The van der Waals surface area contributed by atoms with Gasteiger partial charge in [0.15, 0.2) is 0 Å². The van der Waals surface area contributed by atoms with Gasteiger partial charge in [0.2, 0.25) is 0 Å². The number of unbranched alkanes of at least 4 members (excludes halogenated alkanes) is 3. The quantitative estimate of drug-likeness (QED) is 0.656. The van der Waals surface area contributed by atoms with E-state index in [1.807, 2.05) is 12.1 Å². The smallest absolute Gasteiger partial charge is 0.127 e. The van der Waals surface area contributed by atoms with Gasteiger partial charge in [-0.2, -0.15) is 0 Å². The number of nitrogens with one attached hydrogen (secondary N) is 1. The van der Waals surface area contributed by atoms with Gasteiger partial charge in [-0.1, -0.05) is 44.9 Å². The largest absolute Gasteiger partial charge is 0.315 e. The molecule has 3 heteroatoms. The van der Waals surface area contributed by atoms with Gasteiger partial charge in [-0.15, -0.1) is 0 Å². The second-order valence-electron chi connectivity index (χ2n) is 5.85. The van der Waals surface area contributed by atoms with Gasteiger partial charge in [-0.05, 0) is 39.0 Å². The molecule has 0 aliphatic carbocycles. The van der Waals surface area contributed by atoms with Crippen LogP contribution in [0.15, 0.2) is 24.3 Å². The number of hydrogen-bond acceptors (Lipinski definition) is 2. The van der Waals surface area contributed by atoms with Crippen molar-refractivity contribution in [1.82, 2.24) is 10.2 Å². The monoisotopic (exact) mass is 280 g/mol. The molecule has 0 amide bonds. The Bertz CT molecular complexity index is 366. The average molecular weight is 280 g/mol. The molecule has 1 N–H and O–H groups in total. The van der Waals surface area contributed by atoms with Gasteiger partial charge in [-0.25, -0.2) is 4.39 Å². The van der Waals surface area contributed by atoms with Gasteiger partial charge in [0, 0.05) is 18.2 Å². The maximum absolute atomic E-state index is 13.5. The van der Waals surface area contributed by atoms with Crippen LogP contribution in [0.4, 0.5) is 4.39 Å².